The molecule has 104 valence electrons. The number of nitrogens with zero attached hydrogens (tertiary/aromatic N) is 1. The SMILES string of the molecule is CC1CN(C(=O)[C@H](N)Cc2ccc(O)cc2)CC1C. The first-order valence-corrected chi connectivity index (χ1v) is 6.79. The summed E-state index contributed by atoms with van der Waals surface area (Å²) in [6, 6.07) is 6.34. The Kier molecular flexibility index (Phi) is 4.10. The fourth-order valence-electron chi connectivity index (χ4n) is 2.52. The minimum absolute atomic E-state index is 0.0317. The molecule has 3 atom stereocenters. The van der Waals surface area contributed by atoms with Crippen molar-refractivity contribution in [2.24, 2.45) is 17.6 Å². The van der Waals surface area contributed by atoms with E-state index in [9.17, 15) is 9.90 Å². The van der Waals surface area contributed by atoms with E-state index >= 15 is 0 Å². The van der Waals surface area contributed by atoms with Crippen LogP contribution in [0.15, 0.2) is 24.3 Å². The number of carbonyl (C=O) groups is 1. The Labute approximate surface area is 114 Å². The molecule has 1 heterocycles. The van der Waals surface area contributed by atoms with Gasteiger partial charge in [0.05, 0.1) is 6.04 Å². The number of aromatic hydroxyl groups is 1. The van der Waals surface area contributed by atoms with Crippen LogP contribution < -0.4 is 5.73 Å². The van der Waals surface area contributed by atoms with E-state index in [-0.39, 0.29) is 11.7 Å². The van der Waals surface area contributed by atoms with Crippen LogP contribution in [0.5, 0.6) is 5.75 Å². The summed E-state index contributed by atoms with van der Waals surface area (Å²) in [5, 5.41) is 9.22. The molecule has 1 aromatic carbocycles. The van der Waals surface area contributed by atoms with Crippen molar-refractivity contribution < 1.29 is 9.90 Å². The maximum absolute atomic E-state index is 12.3. The number of phenols is 1. The minimum atomic E-state index is -0.498. The normalized spacial score (nSPS) is 24.5. The van der Waals surface area contributed by atoms with Gasteiger partial charge in [-0.1, -0.05) is 26.0 Å². The van der Waals surface area contributed by atoms with E-state index in [1.54, 1.807) is 24.3 Å². The van der Waals surface area contributed by atoms with Crippen molar-refractivity contribution in [1.82, 2.24) is 4.90 Å². The van der Waals surface area contributed by atoms with Crippen molar-refractivity contribution in [3.8, 4) is 5.75 Å². The number of nitrogens with two attached hydrogens (primary N) is 1. The zero-order valence-corrected chi connectivity index (χ0v) is 11.5. The van der Waals surface area contributed by atoms with Crippen LogP contribution >= 0.6 is 0 Å². The summed E-state index contributed by atoms with van der Waals surface area (Å²) in [4.78, 5) is 14.1. The lowest BCUT2D eigenvalue weighted by Gasteiger charge is -2.20. The van der Waals surface area contributed by atoms with Crippen LogP contribution in [0.3, 0.4) is 0 Å². The number of phenolic OH excluding ortho intramolecular Hbond substituents is 1. The molecule has 3 N–H and O–H groups in total. The number of hydrogen-bond donors (Lipinski definition) is 2. The quantitative estimate of drug-likeness (QED) is 0.864. The highest BCUT2D eigenvalue weighted by atomic mass is 16.3. The molecule has 0 spiro atoms. The zero-order chi connectivity index (χ0) is 14.0. The molecule has 0 radical (unpaired) electrons. The van der Waals surface area contributed by atoms with Gasteiger partial charge >= 0.3 is 0 Å². The van der Waals surface area contributed by atoms with E-state index in [1.165, 1.54) is 0 Å². The van der Waals surface area contributed by atoms with Gasteiger partial charge in [-0.3, -0.25) is 4.79 Å². The van der Waals surface area contributed by atoms with Gasteiger partial charge in [0.1, 0.15) is 5.75 Å². The van der Waals surface area contributed by atoms with Crippen LogP contribution in [0.25, 0.3) is 0 Å². The molecule has 1 aliphatic heterocycles. The molecule has 1 fully saturated rings. The third-order valence-corrected chi connectivity index (χ3v) is 4.01. The van der Waals surface area contributed by atoms with Gasteiger partial charge < -0.3 is 15.7 Å². The van der Waals surface area contributed by atoms with Crippen LogP contribution in [0.4, 0.5) is 0 Å². The van der Waals surface area contributed by atoms with Gasteiger partial charge in [0.25, 0.3) is 0 Å². The summed E-state index contributed by atoms with van der Waals surface area (Å²) in [7, 11) is 0. The second kappa shape index (κ2) is 5.61. The Bertz CT molecular complexity index is 434. The lowest BCUT2D eigenvalue weighted by molar-refractivity contribution is -0.131. The van der Waals surface area contributed by atoms with Crippen LogP contribution in [-0.2, 0) is 11.2 Å². The van der Waals surface area contributed by atoms with Gasteiger partial charge in [-0.05, 0) is 36.0 Å². The molecule has 0 saturated carbocycles. The van der Waals surface area contributed by atoms with Crippen LogP contribution in [0.1, 0.15) is 19.4 Å². The van der Waals surface area contributed by atoms with Gasteiger partial charge in [0.2, 0.25) is 5.91 Å². The monoisotopic (exact) mass is 262 g/mol. The topological polar surface area (TPSA) is 66.6 Å². The molecular formula is C15H22N2O2. The Balaban J connectivity index is 1.94. The molecule has 4 nitrogen and oxygen atoms in total. The highest BCUT2D eigenvalue weighted by Crippen LogP contribution is 2.22. The molecule has 1 aliphatic rings. The molecule has 19 heavy (non-hydrogen) atoms. The summed E-state index contributed by atoms with van der Waals surface area (Å²) in [6.45, 7) is 5.96. The maximum Gasteiger partial charge on any atom is 0.239 e. The average Bonchev–Trinajstić information content (AvgIpc) is 2.71. The van der Waals surface area contributed by atoms with Gasteiger partial charge in [0, 0.05) is 13.1 Å². The molecule has 1 saturated heterocycles. The van der Waals surface area contributed by atoms with Crippen molar-refractivity contribution in [2.75, 3.05) is 13.1 Å². The summed E-state index contributed by atoms with van der Waals surface area (Å²) < 4.78 is 0. The molecule has 2 rings (SSSR count). The molecule has 4 heteroatoms. The molecule has 2 unspecified atom stereocenters. The lowest BCUT2D eigenvalue weighted by Crippen LogP contribution is -2.44. The highest BCUT2D eigenvalue weighted by molar-refractivity contribution is 5.82. The number of likely N-dealkylation sites (tertiary alicyclic amines) is 1. The zero-order valence-electron chi connectivity index (χ0n) is 11.5. The number of carbonyl (C=O) groups excluding carboxylic acids is 1. The van der Waals surface area contributed by atoms with E-state index in [0.29, 0.717) is 18.3 Å². The van der Waals surface area contributed by atoms with Gasteiger partial charge in [-0.15, -0.1) is 0 Å². The lowest BCUT2D eigenvalue weighted by atomic mass is 10.0. The predicted octanol–water partition coefficient (Wildman–Crippen LogP) is 1.38. The van der Waals surface area contributed by atoms with E-state index in [4.69, 9.17) is 5.73 Å². The Morgan fingerprint density at radius 1 is 1.32 bits per heavy atom. The third kappa shape index (κ3) is 3.26. The van der Waals surface area contributed by atoms with Crippen molar-refractivity contribution in [1.29, 1.82) is 0 Å². The van der Waals surface area contributed by atoms with Crippen LogP contribution in [0, 0.1) is 11.8 Å². The fourth-order valence-corrected chi connectivity index (χ4v) is 2.52. The van der Waals surface area contributed by atoms with Crippen molar-refractivity contribution >= 4 is 5.91 Å². The first-order valence-electron chi connectivity index (χ1n) is 6.79. The highest BCUT2D eigenvalue weighted by Gasteiger charge is 2.31. The third-order valence-electron chi connectivity index (χ3n) is 4.01. The first-order chi connectivity index (χ1) is 8.97. The van der Waals surface area contributed by atoms with E-state index in [1.807, 2.05) is 4.90 Å². The summed E-state index contributed by atoms with van der Waals surface area (Å²) in [6.07, 6.45) is 0.512. The maximum atomic E-state index is 12.3. The van der Waals surface area contributed by atoms with Crippen molar-refractivity contribution in [2.45, 2.75) is 26.3 Å². The van der Waals surface area contributed by atoms with Gasteiger partial charge in [-0.25, -0.2) is 0 Å². The van der Waals surface area contributed by atoms with Crippen molar-refractivity contribution in [3.63, 3.8) is 0 Å². The van der Waals surface area contributed by atoms with Crippen molar-refractivity contribution in [3.05, 3.63) is 29.8 Å². The number of rotatable bonds is 3. The van der Waals surface area contributed by atoms with E-state index in [2.05, 4.69) is 13.8 Å². The average molecular weight is 262 g/mol. The number of benzene rings is 1. The number of hydrogen-bond acceptors (Lipinski definition) is 3. The Morgan fingerprint density at radius 2 is 1.84 bits per heavy atom. The fraction of sp³-hybridized carbons (Fsp3) is 0.533. The van der Waals surface area contributed by atoms with Crippen LogP contribution in [0.2, 0.25) is 0 Å². The molecule has 0 aliphatic carbocycles. The van der Waals surface area contributed by atoms with E-state index in [0.717, 1.165) is 18.7 Å². The van der Waals surface area contributed by atoms with E-state index < -0.39 is 6.04 Å². The summed E-state index contributed by atoms with van der Waals surface area (Å²) in [5.41, 5.74) is 6.98. The Morgan fingerprint density at radius 3 is 2.37 bits per heavy atom. The summed E-state index contributed by atoms with van der Waals surface area (Å²) >= 11 is 0. The van der Waals surface area contributed by atoms with Gasteiger partial charge in [-0.2, -0.15) is 0 Å². The molecular weight excluding hydrogens is 240 g/mol. The Hall–Kier alpha value is -1.55. The van der Waals surface area contributed by atoms with Gasteiger partial charge in [0.15, 0.2) is 0 Å². The standard InChI is InChI=1S/C15H22N2O2/c1-10-8-17(9-11(10)2)15(19)14(16)7-12-3-5-13(18)6-4-12/h3-6,10-11,14,18H,7-9,16H2,1-2H3/t10?,11?,14-/m1/s1. The minimum Gasteiger partial charge on any atom is -0.508 e. The molecule has 1 aromatic rings. The summed E-state index contributed by atoms with van der Waals surface area (Å²) in [5.74, 6) is 1.35. The molecule has 0 bridgehead atoms. The van der Waals surface area contributed by atoms with Crippen LogP contribution in [-0.4, -0.2) is 35.0 Å². The first kappa shape index (κ1) is 13.9. The second-order valence-electron chi connectivity index (χ2n) is 5.67. The molecule has 0 aromatic heterocycles. The predicted molar refractivity (Wildman–Crippen MR) is 74.7 cm³/mol. The largest absolute Gasteiger partial charge is 0.508 e. The molecule has 1 amide bonds. The second-order valence-corrected chi connectivity index (χ2v) is 5.67. The number of amides is 1. The smallest absolute Gasteiger partial charge is 0.239 e.